The number of methoxy groups -OCH3 is 2. The van der Waals surface area contributed by atoms with Crippen LogP contribution in [0.15, 0.2) is 23.2 Å². The van der Waals surface area contributed by atoms with E-state index in [1.807, 2.05) is 25.1 Å². The van der Waals surface area contributed by atoms with Crippen LogP contribution in [-0.4, -0.2) is 88.5 Å². The smallest absolute Gasteiger partial charge is 0.401 e. The van der Waals surface area contributed by atoms with Crippen molar-refractivity contribution in [3.05, 3.63) is 23.8 Å². The second-order valence-corrected chi connectivity index (χ2v) is 7.70. The Labute approximate surface area is 182 Å². The molecule has 1 unspecified atom stereocenters. The quantitative estimate of drug-likeness (QED) is 0.426. The summed E-state index contributed by atoms with van der Waals surface area (Å²) >= 11 is 0. The van der Waals surface area contributed by atoms with E-state index in [4.69, 9.17) is 9.47 Å². The molecule has 1 aliphatic heterocycles. The van der Waals surface area contributed by atoms with Crippen molar-refractivity contribution in [2.45, 2.75) is 32.1 Å². The Balaban J connectivity index is 1.86. The SMILES string of the molecule is CCNC(=NCCN(C)CC(F)(F)F)NC1CCN(Cc2cc(OC)cc(OC)c2)C1. The van der Waals surface area contributed by atoms with Crippen molar-refractivity contribution in [2.75, 3.05) is 60.5 Å². The summed E-state index contributed by atoms with van der Waals surface area (Å²) in [5.41, 5.74) is 1.12. The number of guanidine groups is 1. The van der Waals surface area contributed by atoms with Gasteiger partial charge in [-0.05, 0) is 38.1 Å². The molecule has 0 bridgehead atoms. The van der Waals surface area contributed by atoms with E-state index in [2.05, 4.69) is 20.5 Å². The molecular weight excluding hydrogens is 411 g/mol. The van der Waals surface area contributed by atoms with Crippen LogP contribution in [0.5, 0.6) is 11.5 Å². The number of hydrogen-bond acceptors (Lipinski definition) is 5. The van der Waals surface area contributed by atoms with Crippen LogP contribution in [0.4, 0.5) is 13.2 Å². The number of benzene rings is 1. The van der Waals surface area contributed by atoms with Gasteiger partial charge in [-0.2, -0.15) is 13.2 Å². The predicted octanol–water partition coefficient (Wildman–Crippen LogP) is 2.33. The highest BCUT2D eigenvalue weighted by Crippen LogP contribution is 2.24. The van der Waals surface area contributed by atoms with Crippen LogP contribution in [0, 0.1) is 0 Å². The Bertz CT molecular complexity index is 692. The van der Waals surface area contributed by atoms with Crippen LogP contribution < -0.4 is 20.1 Å². The first kappa shape index (κ1) is 25.1. The Morgan fingerprint density at radius 1 is 1.23 bits per heavy atom. The lowest BCUT2D eigenvalue weighted by Gasteiger charge is -2.20. The number of alkyl halides is 3. The molecule has 1 heterocycles. The van der Waals surface area contributed by atoms with Crippen molar-refractivity contribution in [1.82, 2.24) is 20.4 Å². The summed E-state index contributed by atoms with van der Waals surface area (Å²) in [6.45, 7) is 4.81. The molecule has 0 amide bonds. The van der Waals surface area contributed by atoms with Gasteiger partial charge in [0.05, 0.1) is 27.3 Å². The van der Waals surface area contributed by atoms with Crippen molar-refractivity contribution in [3.63, 3.8) is 0 Å². The average molecular weight is 446 g/mol. The first-order valence-corrected chi connectivity index (χ1v) is 10.5. The van der Waals surface area contributed by atoms with Gasteiger partial charge in [-0.1, -0.05) is 0 Å². The molecule has 0 radical (unpaired) electrons. The number of likely N-dealkylation sites (tertiary alicyclic amines) is 1. The van der Waals surface area contributed by atoms with Crippen molar-refractivity contribution < 1.29 is 22.6 Å². The molecule has 2 rings (SSSR count). The van der Waals surface area contributed by atoms with Crippen molar-refractivity contribution in [3.8, 4) is 11.5 Å². The van der Waals surface area contributed by atoms with E-state index in [1.165, 1.54) is 11.9 Å². The summed E-state index contributed by atoms with van der Waals surface area (Å²) in [6, 6.07) is 6.08. The number of hydrogen-bond donors (Lipinski definition) is 2. The largest absolute Gasteiger partial charge is 0.497 e. The normalized spacial score (nSPS) is 17.8. The van der Waals surface area contributed by atoms with Gasteiger partial charge < -0.3 is 20.1 Å². The van der Waals surface area contributed by atoms with E-state index in [9.17, 15) is 13.2 Å². The van der Waals surface area contributed by atoms with Gasteiger partial charge in [0.2, 0.25) is 0 Å². The van der Waals surface area contributed by atoms with E-state index in [-0.39, 0.29) is 12.6 Å². The molecular formula is C21H34F3N5O2. The van der Waals surface area contributed by atoms with E-state index >= 15 is 0 Å². The standard InChI is InChI=1S/C21H34F3N5O2/c1-5-25-20(26-7-9-28(2)15-21(22,23)24)27-17-6-8-29(14-17)13-16-10-18(30-3)12-19(11-16)31-4/h10-12,17H,5-9,13-15H2,1-4H3,(H2,25,26,27). The summed E-state index contributed by atoms with van der Waals surface area (Å²) in [6.07, 6.45) is -3.24. The highest BCUT2D eigenvalue weighted by molar-refractivity contribution is 5.80. The first-order chi connectivity index (χ1) is 14.7. The topological polar surface area (TPSA) is 61.4 Å². The molecule has 7 nitrogen and oxygen atoms in total. The molecule has 0 saturated carbocycles. The maximum atomic E-state index is 12.4. The average Bonchev–Trinajstić information content (AvgIpc) is 3.13. The lowest BCUT2D eigenvalue weighted by Crippen LogP contribution is -2.45. The molecule has 0 aromatic heterocycles. The molecule has 0 aliphatic carbocycles. The number of aliphatic imine (C=N–C) groups is 1. The van der Waals surface area contributed by atoms with Crippen molar-refractivity contribution in [1.29, 1.82) is 0 Å². The first-order valence-electron chi connectivity index (χ1n) is 10.5. The Morgan fingerprint density at radius 2 is 1.90 bits per heavy atom. The minimum absolute atomic E-state index is 0.221. The third kappa shape index (κ3) is 9.22. The molecule has 31 heavy (non-hydrogen) atoms. The van der Waals surface area contributed by atoms with E-state index < -0.39 is 12.7 Å². The summed E-state index contributed by atoms with van der Waals surface area (Å²) < 4.78 is 48.0. The summed E-state index contributed by atoms with van der Waals surface area (Å²) in [5.74, 6) is 2.17. The summed E-state index contributed by atoms with van der Waals surface area (Å²) in [5, 5.41) is 6.58. The molecule has 1 aromatic rings. The van der Waals surface area contributed by atoms with Crippen LogP contribution in [0.25, 0.3) is 0 Å². The molecule has 0 spiro atoms. The minimum atomic E-state index is -4.19. The second kappa shape index (κ2) is 12.0. The zero-order valence-corrected chi connectivity index (χ0v) is 18.8. The zero-order chi connectivity index (χ0) is 22.9. The molecule has 10 heteroatoms. The Kier molecular flexibility index (Phi) is 9.70. The lowest BCUT2D eigenvalue weighted by molar-refractivity contribution is -0.142. The second-order valence-electron chi connectivity index (χ2n) is 7.70. The fraction of sp³-hybridized carbons (Fsp3) is 0.667. The number of rotatable bonds is 10. The van der Waals surface area contributed by atoms with E-state index in [0.717, 1.165) is 43.1 Å². The Morgan fingerprint density at radius 3 is 2.48 bits per heavy atom. The van der Waals surface area contributed by atoms with Crippen LogP contribution in [0.2, 0.25) is 0 Å². The molecule has 1 saturated heterocycles. The van der Waals surface area contributed by atoms with Crippen LogP contribution >= 0.6 is 0 Å². The predicted molar refractivity (Wildman–Crippen MR) is 116 cm³/mol. The lowest BCUT2D eigenvalue weighted by atomic mass is 10.2. The molecule has 1 atom stereocenters. The third-order valence-electron chi connectivity index (χ3n) is 4.98. The van der Waals surface area contributed by atoms with Gasteiger partial charge in [-0.3, -0.25) is 14.8 Å². The van der Waals surface area contributed by atoms with Crippen molar-refractivity contribution in [2.24, 2.45) is 4.99 Å². The summed E-state index contributed by atoms with van der Waals surface area (Å²) in [7, 11) is 4.72. The number of likely N-dealkylation sites (N-methyl/N-ethyl adjacent to an activating group) is 1. The van der Waals surface area contributed by atoms with E-state index in [1.54, 1.807) is 14.2 Å². The Hall–Kier alpha value is -2.20. The van der Waals surface area contributed by atoms with Crippen molar-refractivity contribution >= 4 is 5.96 Å². The van der Waals surface area contributed by atoms with Crippen LogP contribution in [-0.2, 0) is 6.54 Å². The fourth-order valence-corrected chi connectivity index (χ4v) is 3.54. The minimum Gasteiger partial charge on any atom is -0.497 e. The molecule has 1 aliphatic rings. The maximum absolute atomic E-state index is 12.4. The molecule has 176 valence electrons. The third-order valence-corrected chi connectivity index (χ3v) is 4.98. The molecule has 2 N–H and O–H groups in total. The van der Waals surface area contributed by atoms with E-state index in [0.29, 0.717) is 19.0 Å². The fourth-order valence-electron chi connectivity index (χ4n) is 3.54. The molecule has 1 aromatic carbocycles. The van der Waals surface area contributed by atoms with Crippen LogP contribution in [0.1, 0.15) is 18.9 Å². The number of nitrogens with zero attached hydrogens (tertiary/aromatic N) is 3. The van der Waals surface area contributed by atoms with Gasteiger partial charge in [-0.25, -0.2) is 0 Å². The van der Waals surface area contributed by atoms with Gasteiger partial charge in [0.1, 0.15) is 11.5 Å². The van der Waals surface area contributed by atoms with Gasteiger partial charge in [0.15, 0.2) is 5.96 Å². The summed E-state index contributed by atoms with van der Waals surface area (Å²) in [4.78, 5) is 8.00. The zero-order valence-electron chi connectivity index (χ0n) is 18.8. The van der Waals surface area contributed by atoms with Gasteiger partial charge in [0, 0.05) is 44.8 Å². The molecule has 1 fully saturated rings. The van der Waals surface area contributed by atoms with Gasteiger partial charge in [0.25, 0.3) is 0 Å². The number of halogens is 3. The van der Waals surface area contributed by atoms with Crippen LogP contribution in [0.3, 0.4) is 0 Å². The monoisotopic (exact) mass is 445 g/mol. The number of ether oxygens (including phenoxy) is 2. The van der Waals surface area contributed by atoms with Gasteiger partial charge >= 0.3 is 6.18 Å². The highest BCUT2D eigenvalue weighted by Gasteiger charge is 2.29. The van der Waals surface area contributed by atoms with Gasteiger partial charge in [-0.15, -0.1) is 0 Å². The number of nitrogens with one attached hydrogen (secondary N) is 2. The highest BCUT2D eigenvalue weighted by atomic mass is 19.4. The maximum Gasteiger partial charge on any atom is 0.401 e.